The number of carbonyl (C=O) groups is 1. The highest BCUT2D eigenvalue weighted by Gasteiger charge is 2.13. The molecule has 0 radical (unpaired) electrons. The summed E-state index contributed by atoms with van der Waals surface area (Å²) < 4.78 is 13.0. The van der Waals surface area contributed by atoms with Crippen LogP contribution in [0.1, 0.15) is 21.5 Å². The number of halogens is 1. The molecule has 21 heavy (non-hydrogen) atoms. The fourth-order valence-corrected chi connectivity index (χ4v) is 1.93. The molecule has 0 unspecified atom stereocenters. The highest BCUT2D eigenvalue weighted by molar-refractivity contribution is 5.94. The van der Waals surface area contributed by atoms with Crippen LogP contribution < -0.4 is 5.32 Å². The van der Waals surface area contributed by atoms with E-state index < -0.39 is 4.92 Å². The topological polar surface area (TPSA) is 72.2 Å². The fraction of sp³-hybridized carbons (Fsp3) is 0.133. The summed E-state index contributed by atoms with van der Waals surface area (Å²) in [6, 6.07) is 10.1. The monoisotopic (exact) mass is 288 g/mol. The minimum absolute atomic E-state index is 0.0309. The number of nitro groups is 1. The van der Waals surface area contributed by atoms with Gasteiger partial charge in [0, 0.05) is 23.7 Å². The van der Waals surface area contributed by atoms with Gasteiger partial charge in [-0.25, -0.2) is 4.39 Å². The van der Waals surface area contributed by atoms with E-state index in [9.17, 15) is 19.3 Å². The van der Waals surface area contributed by atoms with Crippen LogP contribution >= 0.6 is 0 Å². The van der Waals surface area contributed by atoms with E-state index in [0.29, 0.717) is 16.7 Å². The number of amides is 1. The molecule has 0 atom stereocenters. The van der Waals surface area contributed by atoms with E-state index in [1.807, 2.05) is 0 Å². The van der Waals surface area contributed by atoms with Crippen LogP contribution in [-0.2, 0) is 6.54 Å². The third-order valence-electron chi connectivity index (χ3n) is 3.00. The summed E-state index contributed by atoms with van der Waals surface area (Å²) in [6.07, 6.45) is 0. The van der Waals surface area contributed by atoms with Crippen LogP contribution in [0.4, 0.5) is 10.1 Å². The highest BCUT2D eigenvalue weighted by atomic mass is 19.1. The summed E-state index contributed by atoms with van der Waals surface area (Å²) >= 11 is 0. The lowest BCUT2D eigenvalue weighted by atomic mass is 10.1. The largest absolute Gasteiger partial charge is 0.348 e. The minimum atomic E-state index is -0.496. The molecule has 0 saturated carbocycles. The lowest BCUT2D eigenvalue weighted by Gasteiger charge is -2.06. The molecule has 108 valence electrons. The molecule has 2 aromatic carbocycles. The zero-order chi connectivity index (χ0) is 15.4. The lowest BCUT2D eigenvalue weighted by Crippen LogP contribution is -2.22. The van der Waals surface area contributed by atoms with Crippen molar-refractivity contribution in [2.24, 2.45) is 0 Å². The van der Waals surface area contributed by atoms with Crippen molar-refractivity contribution in [2.45, 2.75) is 13.5 Å². The maximum Gasteiger partial charge on any atom is 0.272 e. The maximum atomic E-state index is 13.0. The second kappa shape index (κ2) is 6.13. The second-order valence-corrected chi connectivity index (χ2v) is 4.57. The highest BCUT2D eigenvalue weighted by Crippen LogP contribution is 2.18. The Balaban J connectivity index is 2.07. The molecule has 2 rings (SSSR count). The minimum Gasteiger partial charge on any atom is -0.348 e. The molecule has 0 spiro atoms. The van der Waals surface area contributed by atoms with Crippen molar-refractivity contribution in [2.75, 3.05) is 0 Å². The van der Waals surface area contributed by atoms with Crippen LogP contribution in [0.2, 0.25) is 0 Å². The van der Waals surface area contributed by atoms with Gasteiger partial charge in [-0.15, -0.1) is 0 Å². The Hall–Kier alpha value is -2.76. The fourth-order valence-electron chi connectivity index (χ4n) is 1.93. The van der Waals surface area contributed by atoms with Crippen LogP contribution in [0.25, 0.3) is 0 Å². The standard InChI is InChI=1S/C15H13FN2O3/c1-10-7-12(5-6-14(10)18(20)21)15(19)17-9-11-3-2-4-13(16)8-11/h2-8H,9H2,1H3,(H,17,19). The Morgan fingerprint density at radius 3 is 2.67 bits per heavy atom. The molecule has 0 aliphatic heterocycles. The Morgan fingerprint density at radius 2 is 2.05 bits per heavy atom. The van der Waals surface area contributed by atoms with Crippen molar-refractivity contribution in [3.63, 3.8) is 0 Å². The zero-order valence-electron chi connectivity index (χ0n) is 11.3. The van der Waals surface area contributed by atoms with Gasteiger partial charge in [0.1, 0.15) is 5.82 Å². The van der Waals surface area contributed by atoms with Crippen LogP contribution in [0, 0.1) is 22.9 Å². The van der Waals surface area contributed by atoms with Gasteiger partial charge in [0.15, 0.2) is 0 Å². The molecular weight excluding hydrogens is 275 g/mol. The van der Waals surface area contributed by atoms with Crippen LogP contribution in [0.15, 0.2) is 42.5 Å². The third-order valence-corrected chi connectivity index (χ3v) is 3.00. The van der Waals surface area contributed by atoms with Crippen molar-refractivity contribution < 1.29 is 14.1 Å². The smallest absolute Gasteiger partial charge is 0.272 e. The Morgan fingerprint density at radius 1 is 1.29 bits per heavy atom. The first-order valence-corrected chi connectivity index (χ1v) is 6.25. The van der Waals surface area contributed by atoms with Crippen molar-refractivity contribution in [1.29, 1.82) is 0 Å². The molecule has 1 amide bonds. The molecule has 2 aromatic rings. The Labute approximate surface area is 120 Å². The number of nitro benzene ring substituents is 1. The number of hydrogen-bond acceptors (Lipinski definition) is 3. The van der Waals surface area contributed by atoms with Crippen molar-refractivity contribution >= 4 is 11.6 Å². The van der Waals surface area contributed by atoms with Gasteiger partial charge in [-0.05, 0) is 36.8 Å². The molecule has 6 heteroatoms. The van der Waals surface area contributed by atoms with Gasteiger partial charge < -0.3 is 5.32 Å². The molecule has 0 aliphatic rings. The molecule has 0 bridgehead atoms. The molecule has 0 saturated heterocycles. The quantitative estimate of drug-likeness (QED) is 0.694. The molecule has 1 N–H and O–H groups in total. The second-order valence-electron chi connectivity index (χ2n) is 4.57. The molecule has 5 nitrogen and oxygen atoms in total. The average Bonchev–Trinajstić information content (AvgIpc) is 2.44. The van der Waals surface area contributed by atoms with E-state index in [-0.39, 0.29) is 24.0 Å². The number of benzene rings is 2. The predicted molar refractivity (Wildman–Crippen MR) is 75.4 cm³/mol. The Kier molecular flexibility index (Phi) is 4.27. The first kappa shape index (κ1) is 14.6. The van der Waals surface area contributed by atoms with E-state index in [1.54, 1.807) is 19.1 Å². The molecule has 0 heterocycles. The van der Waals surface area contributed by atoms with E-state index in [0.717, 1.165) is 0 Å². The summed E-state index contributed by atoms with van der Waals surface area (Å²) in [5, 5.41) is 13.4. The normalized spacial score (nSPS) is 10.2. The van der Waals surface area contributed by atoms with E-state index in [1.165, 1.54) is 30.3 Å². The SMILES string of the molecule is Cc1cc(C(=O)NCc2cccc(F)c2)ccc1[N+](=O)[O-]. The van der Waals surface area contributed by atoms with Crippen LogP contribution in [0.5, 0.6) is 0 Å². The molecule has 0 fully saturated rings. The summed E-state index contributed by atoms with van der Waals surface area (Å²) in [4.78, 5) is 22.2. The van der Waals surface area contributed by atoms with Gasteiger partial charge in [-0.3, -0.25) is 14.9 Å². The summed E-state index contributed by atoms with van der Waals surface area (Å²) in [6.45, 7) is 1.76. The summed E-state index contributed by atoms with van der Waals surface area (Å²) in [5.41, 5.74) is 1.35. The van der Waals surface area contributed by atoms with Gasteiger partial charge >= 0.3 is 0 Å². The van der Waals surface area contributed by atoms with E-state index in [2.05, 4.69) is 5.32 Å². The van der Waals surface area contributed by atoms with Crippen LogP contribution in [0.3, 0.4) is 0 Å². The number of nitrogens with one attached hydrogen (secondary N) is 1. The number of carbonyl (C=O) groups excluding carboxylic acids is 1. The Bertz CT molecular complexity index is 701. The number of nitrogens with zero attached hydrogens (tertiary/aromatic N) is 1. The number of rotatable bonds is 4. The first-order chi connectivity index (χ1) is 9.97. The van der Waals surface area contributed by atoms with E-state index >= 15 is 0 Å². The predicted octanol–water partition coefficient (Wildman–Crippen LogP) is 2.97. The lowest BCUT2D eigenvalue weighted by molar-refractivity contribution is -0.385. The summed E-state index contributed by atoms with van der Waals surface area (Å²) in [7, 11) is 0. The van der Waals surface area contributed by atoms with Gasteiger partial charge in [0.2, 0.25) is 0 Å². The van der Waals surface area contributed by atoms with Crippen molar-refractivity contribution in [1.82, 2.24) is 5.32 Å². The maximum absolute atomic E-state index is 13.0. The van der Waals surface area contributed by atoms with Crippen molar-refractivity contribution in [3.05, 3.63) is 75.1 Å². The molecule has 0 aromatic heterocycles. The molecular formula is C15H13FN2O3. The van der Waals surface area contributed by atoms with Gasteiger partial charge in [-0.2, -0.15) is 0 Å². The first-order valence-electron chi connectivity index (χ1n) is 6.25. The summed E-state index contributed by atoms with van der Waals surface area (Å²) in [5.74, 6) is -0.731. The van der Waals surface area contributed by atoms with Gasteiger partial charge in [-0.1, -0.05) is 12.1 Å². The molecule has 0 aliphatic carbocycles. The number of hydrogen-bond donors (Lipinski definition) is 1. The third kappa shape index (κ3) is 3.62. The van der Waals surface area contributed by atoms with Crippen LogP contribution in [-0.4, -0.2) is 10.8 Å². The van der Waals surface area contributed by atoms with E-state index in [4.69, 9.17) is 0 Å². The average molecular weight is 288 g/mol. The van der Waals surface area contributed by atoms with Crippen molar-refractivity contribution in [3.8, 4) is 0 Å². The van der Waals surface area contributed by atoms with Gasteiger partial charge in [0.25, 0.3) is 11.6 Å². The zero-order valence-corrected chi connectivity index (χ0v) is 11.3. The van der Waals surface area contributed by atoms with Gasteiger partial charge in [0.05, 0.1) is 4.92 Å². The number of aryl methyl sites for hydroxylation is 1.